The van der Waals surface area contributed by atoms with Crippen LogP contribution in [0.2, 0.25) is 0 Å². The molecule has 0 aliphatic heterocycles. The van der Waals surface area contributed by atoms with E-state index in [9.17, 15) is 0 Å². The first kappa shape index (κ1) is 10.1. The van der Waals surface area contributed by atoms with E-state index in [1.165, 1.54) is 5.56 Å². The monoisotopic (exact) mass is 179 g/mol. The van der Waals surface area contributed by atoms with Crippen molar-refractivity contribution in [3.8, 4) is 0 Å². The molecule has 72 valence electrons. The summed E-state index contributed by atoms with van der Waals surface area (Å²) in [5.74, 6) is 0. The molecule has 0 spiro atoms. The van der Waals surface area contributed by atoms with Crippen LogP contribution in [0.25, 0.3) is 0 Å². The fourth-order valence-electron chi connectivity index (χ4n) is 1.09. The van der Waals surface area contributed by atoms with E-state index in [1.807, 2.05) is 12.1 Å². The van der Waals surface area contributed by atoms with Crippen molar-refractivity contribution in [3.05, 3.63) is 29.8 Å². The molecule has 0 fully saturated rings. The Labute approximate surface area is 79.9 Å². The summed E-state index contributed by atoms with van der Waals surface area (Å²) >= 11 is 0. The number of hydrogen-bond acceptors (Lipinski definition) is 2. The van der Waals surface area contributed by atoms with Crippen LogP contribution in [0.5, 0.6) is 0 Å². The molecule has 0 aliphatic carbocycles. The summed E-state index contributed by atoms with van der Waals surface area (Å²) in [5.41, 5.74) is 5.28. The molecule has 1 N–H and O–H groups in total. The van der Waals surface area contributed by atoms with Crippen LogP contribution in [-0.4, -0.2) is 6.61 Å². The molecule has 1 aromatic carbocycles. The summed E-state index contributed by atoms with van der Waals surface area (Å²) in [6, 6.07) is 8.27. The van der Waals surface area contributed by atoms with E-state index in [4.69, 9.17) is 4.84 Å². The lowest BCUT2D eigenvalue weighted by Gasteiger charge is -2.06. The Kier molecular flexibility index (Phi) is 4.33. The van der Waals surface area contributed by atoms with E-state index in [-0.39, 0.29) is 0 Å². The van der Waals surface area contributed by atoms with Gasteiger partial charge >= 0.3 is 0 Å². The first-order valence-corrected chi connectivity index (χ1v) is 4.83. The lowest BCUT2D eigenvalue weighted by Crippen LogP contribution is -2.01. The Morgan fingerprint density at radius 3 is 2.85 bits per heavy atom. The molecule has 2 nitrogen and oxygen atoms in total. The SMILES string of the molecule is CCCONc1cccc(CC)c1. The van der Waals surface area contributed by atoms with Gasteiger partial charge in [-0.2, -0.15) is 0 Å². The maximum Gasteiger partial charge on any atom is 0.0743 e. The van der Waals surface area contributed by atoms with E-state index in [0.717, 1.165) is 25.1 Å². The molecule has 0 heterocycles. The number of aryl methyl sites for hydroxylation is 1. The Bertz CT molecular complexity index is 248. The van der Waals surface area contributed by atoms with Crippen LogP contribution in [-0.2, 0) is 11.3 Å². The highest BCUT2D eigenvalue weighted by molar-refractivity contribution is 5.43. The molecule has 1 aromatic rings. The molecule has 0 saturated heterocycles. The predicted octanol–water partition coefficient (Wildman–Crippen LogP) is 3.00. The summed E-state index contributed by atoms with van der Waals surface area (Å²) in [7, 11) is 0. The van der Waals surface area contributed by atoms with Gasteiger partial charge < -0.3 is 0 Å². The first-order chi connectivity index (χ1) is 6.36. The van der Waals surface area contributed by atoms with Crippen molar-refractivity contribution in [1.29, 1.82) is 0 Å². The maximum atomic E-state index is 5.22. The third-order valence-corrected chi connectivity index (χ3v) is 1.83. The lowest BCUT2D eigenvalue weighted by atomic mass is 10.1. The molecule has 0 atom stereocenters. The summed E-state index contributed by atoms with van der Waals surface area (Å²) in [6.07, 6.45) is 2.09. The van der Waals surface area contributed by atoms with Crippen molar-refractivity contribution in [2.75, 3.05) is 12.1 Å². The first-order valence-electron chi connectivity index (χ1n) is 4.83. The van der Waals surface area contributed by atoms with E-state index in [2.05, 4.69) is 31.5 Å². The standard InChI is InChI=1S/C11H17NO/c1-3-8-13-12-11-7-5-6-10(4-2)9-11/h5-7,9,12H,3-4,8H2,1-2H3. The highest BCUT2D eigenvalue weighted by Gasteiger charge is 1.92. The zero-order chi connectivity index (χ0) is 9.52. The minimum atomic E-state index is 0.746. The van der Waals surface area contributed by atoms with Crippen LogP contribution in [0.4, 0.5) is 5.69 Å². The maximum absolute atomic E-state index is 5.22. The van der Waals surface area contributed by atoms with Crippen LogP contribution >= 0.6 is 0 Å². The second-order valence-corrected chi connectivity index (χ2v) is 3.00. The largest absolute Gasteiger partial charge is 0.276 e. The van der Waals surface area contributed by atoms with Crippen molar-refractivity contribution < 1.29 is 4.84 Å². The Morgan fingerprint density at radius 2 is 2.15 bits per heavy atom. The van der Waals surface area contributed by atoms with Gasteiger partial charge in [0.2, 0.25) is 0 Å². The number of benzene rings is 1. The zero-order valence-electron chi connectivity index (χ0n) is 8.34. The van der Waals surface area contributed by atoms with Gasteiger partial charge in [-0.15, -0.1) is 0 Å². The minimum Gasteiger partial charge on any atom is -0.276 e. The normalized spacial score (nSPS) is 10.0. The van der Waals surface area contributed by atoms with Gasteiger partial charge in [0.25, 0.3) is 0 Å². The van der Waals surface area contributed by atoms with Gasteiger partial charge in [-0.25, -0.2) is 0 Å². The van der Waals surface area contributed by atoms with Gasteiger partial charge in [0.15, 0.2) is 0 Å². The summed E-state index contributed by atoms with van der Waals surface area (Å²) in [4.78, 5) is 5.22. The van der Waals surface area contributed by atoms with E-state index >= 15 is 0 Å². The molecule has 0 amide bonds. The summed E-state index contributed by atoms with van der Waals surface area (Å²) < 4.78 is 0. The van der Waals surface area contributed by atoms with Gasteiger partial charge in [0.1, 0.15) is 0 Å². The smallest absolute Gasteiger partial charge is 0.0743 e. The highest BCUT2D eigenvalue weighted by atomic mass is 16.6. The fraction of sp³-hybridized carbons (Fsp3) is 0.455. The molecule has 0 unspecified atom stereocenters. The Balaban J connectivity index is 2.46. The van der Waals surface area contributed by atoms with Crippen LogP contribution in [0.3, 0.4) is 0 Å². The molecule has 13 heavy (non-hydrogen) atoms. The molecule has 2 heteroatoms. The molecule has 0 saturated carbocycles. The minimum absolute atomic E-state index is 0.746. The van der Waals surface area contributed by atoms with Crippen molar-refractivity contribution in [1.82, 2.24) is 0 Å². The second kappa shape index (κ2) is 5.60. The van der Waals surface area contributed by atoms with Gasteiger partial charge in [-0.1, -0.05) is 26.0 Å². The van der Waals surface area contributed by atoms with Gasteiger partial charge in [0, 0.05) is 0 Å². The topological polar surface area (TPSA) is 21.3 Å². The van der Waals surface area contributed by atoms with E-state index in [0.29, 0.717) is 0 Å². The number of anilines is 1. The Morgan fingerprint density at radius 1 is 1.31 bits per heavy atom. The van der Waals surface area contributed by atoms with Gasteiger partial charge in [-0.05, 0) is 30.5 Å². The van der Waals surface area contributed by atoms with Crippen molar-refractivity contribution in [2.45, 2.75) is 26.7 Å². The van der Waals surface area contributed by atoms with Crippen LogP contribution < -0.4 is 5.48 Å². The van der Waals surface area contributed by atoms with Crippen molar-refractivity contribution in [2.24, 2.45) is 0 Å². The van der Waals surface area contributed by atoms with Gasteiger partial charge in [-0.3, -0.25) is 10.3 Å². The van der Waals surface area contributed by atoms with E-state index in [1.54, 1.807) is 0 Å². The molecule has 0 bridgehead atoms. The molecule has 0 radical (unpaired) electrons. The molecule has 1 rings (SSSR count). The number of hydrogen-bond donors (Lipinski definition) is 1. The van der Waals surface area contributed by atoms with Crippen molar-refractivity contribution in [3.63, 3.8) is 0 Å². The quantitative estimate of drug-likeness (QED) is 0.554. The average molecular weight is 179 g/mol. The second-order valence-electron chi connectivity index (χ2n) is 3.00. The van der Waals surface area contributed by atoms with Gasteiger partial charge in [0.05, 0.1) is 12.3 Å². The van der Waals surface area contributed by atoms with Crippen LogP contribution in [0.1, 0.15) is 25.8 Å². The third-order valence-electron chi connectivity index (χ3n) is 1.83. The van der Waals surface area contributed by atoms with E-state index < -0.39 is 0 Å². The van der Waals surface area contributed by atoms with Crippen molar-refractivity contribution >= 4 is 5.69 Å². The molecular weight excluding hydrogens is 162 g/mol. The Hall–Kier alpha value is -1.02. The zero-order valence-corrected chi connectivity index (χ0v) is 8.34. The highest BCUT2D eigenvalue weighted by Crippen LogP contribution is 2.10. The van der Waals surface area contributed by atoms with Crippen LogP contribution in [0.15, 0.2) is 24.3 Å². The molecular formula is C11H17NO. The third kappa shape index (κ3) is 3.47. The van der Waals surface area contributed by atoms with Crippen LogP contribution in [0, 0.1) is 0 Å². The summed E-state index contributed by atoms with van der Waals surface area (Å²) in [5, 5.41) is 0. The average Bonchev–Trinajstić information content (AvgIpc) is 2.19. The predicted molar refractivity (Wildman–Crippen MR) is 55.7 cm³/mol. The summed E-state index contributed by atoms with van der Waals surface area (Å²) in [6.45, 7) is 4.98. The number of rotatable bonds is 5. The number of nitrogens with one attached hydrogen (secondary N) is 1. The molecule has 0 aromatic heterocycles. The molecule has 0 aliphatic rings. The lowest BCUT2D eigenvalue weighted by molar-refractivity contribution is 0.194. The fourth-order valence-corrected chi connectivity index (χ4v) is 1.09.